The summed E-state index contributed by atoms with van der Waals surface area (Å²) in [6.45, 7) is 5.07. The van der Waals surface area contributed by atoms with Crippen molar-refractivity contribution in [2.75, 3.05) is 13.2 Å². The maximum atomic E-state index is 12.3. The van der Waals surface area contributed by atoms with Crippen LogP contribution in [0.4, 0.5) is 0 Å². The van der Waals surface area contributed by atoms with Gasteiger partial charge in [0.2, 0.25) is 5.91 Å². The second-order valence-electron chi connectivity index (χ2n) is 7.34. The highest BCUT2D eigenvalue weighted by Crippen LogP contribution is 2.22. The van der Waals surface area contributed by atoms with E-state index < -0.39 is 5.91 Å². The lowest BCUT2D eigenvalue weighted by molar-refractivity contribution is 0.0946. The molecule has 0 fully saturated rings. The average Bonchev–Trinajstić information content (AvgIpc) is 2.78. The molecule has 0 saturated heterocycles. The summed E-state index contributed by atoms with van der Waals surface area (Å²) < 4.78 is 11.4. The Labute approximate surface area is 182 Å². The molecule has 0 aliphatic heterocycles. The van der Waals surface area contributed by atoms with E-state index in [9.17, 15) is 9.59 Å². The Morgan fingerprint density at radius 1 is 0.806 bits per heavy atom. The molecule has 3 aromatic rings. The second kappa shape index (κ2) is 10.3. The summed E-state index contributed by atoms with van der Waals surface area (Å²) in [5.74, 6) is 1.74. The van der Waals surface area contributed by atoms with Gasteiger partial charge in [-0.1, -0.05) is 26.0 Å². The van der Waals surface area contributed by atoms with Gasteiger partial charge in [-0.2, -0.15) is 0 Å². The van der Waals surface area contributed by atoms with Gasteiger partial charge in [-0.3, -0.25) is 9.59 Å². The van der Waals surface area contributed by atoms with Gasteiger partial charge < -0.3 is 20.5 Å². The predicted octanol–water partition coefficient (Wildman–Crippen LogP) is 4.51. The molecule has 3 N–H and O–H groups in total. The fourth-order valence-corrected chi connectivity index (χ4v) is 2.88. The summed E-state index contributed by atoms with van der Waals surface area (Å²) in [6, 6.07) is 21.3. The number of nitrogens with one attached hydrogen (secondary N) is 1. The average molecular weight is 418 g/mol. The number of nitrogens with two attached hydrogens (primary N) is 1. The first-order valence-corrected chi connectivity index (χ1v) is 10.1. The third-order valence-electron chi connectivity index (χ3n) is 4.69. The number of ether oxygens (including phenoxy) is 2. The van der Waals surface area contributed by atoms with Crippen LogP contribution in [0, 0.1) is 0 Å². The SMILES string of the molecule is CC(C)c1ccc(OCCNC(=O)c2ccc(Oc3ccc(C(N)=O)cc3)cc2)cc1. The topological polar surface area (TPSA) is 90.7 Å². The normalized spacial score (nSPS) is 10.5. The fourth-order valence-electron chi connectivity index (χ4n) is 2.88. The molecule has 0 bridgehead atoms. The molecule has 0 aliphatic rings. The highest BCUT2D eigenvalue weighted by molar-refractivity contribution is 5.94. The number of hydrogen-bond acceptors (Lipinski definition) is 4. The molecule has 2 amide bonds. The standard InChI is InChI=1S/C25H26N2O4/c1-17(2)18-3-9-21(10-4-18)30-16-15-27-25(29)20-7-13-23(14-8-20)31-22-11-5-19(6-12-22)24(26)28/h3-14,17H,15-16H2,1-2H3,(H2,26,28)(H,27,29). The molecule has 6 nitrogen and oxygen atoms in total. The van der Waals surface area contributed by atoms with Gasteiger partial charge in [-0.05, 0) is 72.1 Å². The number of carbonyl (C=O) groups excluding carboxylic acids is 2. The third-order valence-corrected chi connectivity index (χ3v) is 4.69. The number of hydrogen-bond donors (Lipinski definition) is 2. The third kappa shape index (κ3) is 6.34. The first kappa shape index (κ1) is 21.9. The molecule has 0 aromatic heterocycles. The lowest BCUT2D eigenvalue weighted by Gasteiger charge is -2.10. The molecule has 3 aromatic carbocycles. The van der Waals surface area contributed by atoms with Gasteiger partial charge in [-0.15, -0.1) is 0 Å². The Morgan fingerprint density at radius 3 is 1.84 bits per heavy atom. The second-order valence-corrected chi connectivity index (χ2v) is 7.34. The van der Waals surface area contributed by atoms with Crippen LogP contribution in [-0.2, 0) is 0 Å². The first-order valence-electron chi connectivity index (χ1n) is 10.1. The number of benzene rings is 3. The lowest BCUT2D eigenvalue weighted by Crippen LogP contribution is -2.28. The van der Waals surface area contributed by atoms with Crippen LogP contribution in [0.2, 0.25) is 0 Å². The zero-order valence-corrected chi connectivity index (χ0v) is 17.6. The van der Waals surface area contributed by atoms with E-state index in [1.165, 1.54) is 5.56 Å². The molecule has 160 valence electrons. The molecule has 0 radical (unpaired) electrons. The van der Waals surface area contributed by atoms with E-state index in [-0.39, 0.29) is 5.91 Å². The molecule has 6 heteroatoms. The van der Waals surface area contributed by atoms with Gasteiger partial charge in [0, 0.05) is 11.1 Å². The van der Waals surface area contributed by atoms with E-state index in [0.29, 0.717) is 41.7 Å². The van der Waals surface area contributed by atoms with Gasteiger partial charge in [0.05, 0.1) is 6.54 Å². The number of amides is 2. The van der Waals surface area contributed by atoms with E-state index in [0.717, 1.165) is 5.75 Å². The summed E-state index contributed by atoms with van der Waals surface area (Å²) in [4.78, 5) is 23.4. The van der Waals surface area contributed by atoms with E-state index >= 15 is 0 Å². The van der Waals surface area contributed by atoms with Crippen molar-refractivity contribution in [3.05, 3.63) is 89.5 Å². The maximum absolute atomic E-state index is 12.3. The fraction of sp³-hybridized carbons (Fsp3) is 0.200. The molecule has 0 saturated carbocycles. The summed E-state index contributed by atoms with van der Waals surface area (Å²) in [5, 5.41) is 2.84. The first-order chi connectivity index (χ1) is 14.9. The largest absolute Gasteiger partial charge is 0.492 e. The molecule has 0 unspecified atom stereocenters. The van der Waals surface area contributed by atoms with Crippen LogP contribution in [0.15, 0.2) is 72.8 Å². The summed E-state index contributed by atoms with van der Waals surface area (Å²) in [6.07, 6.45) is 0. The van der Waals surface area contributed by atoms with Crippen LogP contribution >= 0.6 is 0 Å². The van der Waals surface area contributed by atoms with Crippen molar-refractivity contribution < 1.29 is 19.1 Å². The molecule has 31 heavy (non-hydrogen) atoms. The molecule has 0 aliphatic carbocycles. The Balaban J connectivity index is 1.44. The van der Waals surface area contributed by atoms with E-state index in [4.69, 9.17) is 15.2 Å². The Bertz CT molecular complexity index is 1010. The molecule has 0 spiro atoms. The quantitative estimate of drug-likeness (QED) is 0.500. The predicted molar refractivity (Wildman–Crippen MR) is 120 cm³/mol. The van der Waals surface area contributed by atoms with Crippen LogP contribution in [0.25, 0.3) is 0 Å². The van der Waals surface area contributed by atoms with Crippen molar-refractivity contribution in [1.82, 2.24) is 5.32 Å². The zero-order valence-electron chi connectivity index (χ0n) is 17.6. The molecule has 3 rings (SSSR count). The van der Waals surface area contributed by atoms with Crippen LogP contribution in [-0.4, -0.2) is 25.0 Å². The molecular weight excluding hydrogens is 392 g/mol. The summed E-state index contributed by atoms with van der Waals surface area (Å²) in [7, 11) is 0. The molecular formula is C25H26N2O4. The van der Waals surface area contributed by atoms with Crippen molar-refractivity contribution >= 4 is 11.8 Å². The summed E-state index contributed by atoms with van der Waals surface area (Å²) in [5.41, 5.74) is 7.42. The van der Waals surface area contributed by atoms with Gasteiger partial charge in [0.15, 0.2) is 0 Å². The number of carbonyl (C=O) groups is 2. The van der Waals surface area contributed by atoms with Gasteiger partial charge in [0.25, 0.3) is 5.91 Å². The van der Waals surface area contributed by atoms with Gasteiger partial charge in [-0.25, -0.2) is 0 Å². The van der Waals surface area contributed by atoms with E-state index in [2.05, 4.69) is 19.2 Å². The van der Waals surface area contributed by atoms with Crippen molar-refractivity contribution in [2.24, 2.45) is 5.73 Å². The lowest BCUT2D eigenvalue weighted by atomic mass is 10.0. The number of rotatable bonds is 9. The highest BCUT2D eigenvalue weighted by Gasteiger charge is 2.07. The molecule has 0 heterocycles. The molecule has 0 atom stereocenters. The summed E-state index contributed by atoms with van der Waals surface area (Å²) >= 11 is 0. The van der Waals surface area contributed by atoms with Crippen LogP contribution < -0.4 is 20.5 Å². The Kier molecular flexibility index (Phi) is 7.27. The van der Waals surface area contributed by atoms with Crippen LogP contribution in [0.3, 0.4) is 0 Å². The van der Waals surface area contributed by atoms with Crippen molar-refractivity contribution in [2.45, 2.75) is 19.8 Å². The van der Waals surface area contributed by atoms with Gasteiger partial charge >= 0.3 is 0 Å². The van der Waals surface area contributed by atoms with E-state index in [1.807, 2.05) is 24.3 Å². The van der Waals surface area contributed by atoms with Crippen molar-refractivity contribution in [3.63, 3.8) is 0 Å². The Hall–Kier alpha value is -3.80. The highest BCUT2D eigenvalue weighted by atomic mass is 16.5. The van der Waals surface area contributed by atoms with Crippen molar-refractivity contribution in [1.29, 1.82) is 0 Å². The minimum Gasteiger partial charge on any atom is -0.492 e. The minimum absolute atomic E-state index is 0.184. The van der Waals surface area contributed by atoms with Crippen LogP contribution in [0.5, 0.6) is 17.2 Å². The Morgan fingerprint density at radius 2 is 1.32 bits per heavy atom. The maximum Gasteiger partial charge on any atom is 0.251 e. The minimum atomic E-state index is -0.489. The zero-order chi connectivity index (χ0) is 22.2. The monoisotopic (exact) mass is 418 g/mol. The smallest absolute Gasteiger partial charge is 0.251 e. The number of primary amides is 1. The van der Waals surface area contributed by atoms with Gasteiger partial charge in [0.1, 0.15) is 23.9 Å². The van der Waals surface area contributed by atoms with Crippen LogP contribution in [0.1, 0.15) is 46.0 Å². The van der Waals surface area contributed by atoms with E-state index in [1.54, 1.807) is 48.5 Å². The van der Waals surface area contributed by atoms with Crippen molar-refractivity contribution in [3.8, 4) is 17.2 Å².